The third-order valence-electron chi connectivity index (χ3n) is 8.75. The fourth-order valence-electron chi connectivity index (χ4n) is 6.53. The Hall–Kier alpha value is -3.65. The van der Waals surface area contributed by atoms with Gasteiger partial charge in [0.25, 0.3) is 0 Å². The minimum absolute atomic E-state index is 0.0328. The number of likely N-dealkylation sites (tertiary alicyclic amines) is 1. The number of ether oxygens (including phenoxy) is 1. The lowest BCUT2D eigenvalue weighted by Crippen LogP contribution is -2.60. The zero-order chi connectivity index (χ0) is 28.8. The summed E-state index contributed by atoms with van der Waals surface area (Å²) < 4.78 is 21.0. The summed E-state index contributed by atoms with van der Waals surface area (Å²) in [5.41, 5.74) is 1.51. The second kappa shape index (κ2) is 10.7. The molecular weight excluding hydrogens is 509 g/mol. The average molecular weight is 548 g/mol. The Morgan fingerprint density at radius 1 is 1.23 bits per heavy atom. The molecular formula is C32H38FN3O4. The Morgan fingerprint density at radius 3 is 2.60 bits per heavy atom. The first kappa shape index (κ1) is 27.9. The maximum atomic E-state index is 15.7. The Labute approximate surface area is 234 Å². The number of piperidine rings is 1. The number of H-pyrrole nitrogens is 1. The number of Topliss-reactive ketones (excluding diaryl/α,β-unsaturated/α-hetero) is 1. The van der Waals surface area contributed by atoms with Crippen LogP contribution >= 0.6 is 0 Å². The van der Waals surface area contributed by atoms with E-state index in [1.165, 1.54) is 14.0 Å². The Bertz CT molecular complexity index is 1470. The first-order valence-corrected chi connectivity index (χ1v) is 14.0. The number of amides is 1. The number of ketones is 1. The highest BCUT2D eigenvalue weighted by atomic mass is 19.1. The number of rotatable bonds is 7. The quantitative estimate of drug-likeness (QED) is 0.381. The van der Waals surface area contributed by atoms with Gasteiger partial charge in [-0.05, 0) is 86.2 Å². The molecule has 3 aromatic rings. The van der Waals surface area contributed by atoms with Gasteiger partial charge in [0.05, 0.1) is 13.2 Å². The Kier molecular flexibility index (Phi) is 7.48. The molecule has 2 aliphatic heterocycles. The van der Waals surface area contributed by atoms with Crippen LogP contribution in [-0.4, -0.2) is 63.9 Å². The highest BCUT2D eigenvalue weighted by Gasteiger charge is 2.51. The Balaban J connectivity index is 1.60. The topological polar surface area (TPSA) is 85.9 Å². The summed E-state index contributed by atoms with van der Waals surface area (Å²) in [4.78, 5) is 35.0. The predicted octanol–water partition coefficient (Wildman–Crippen LogP) is 5.52. The number of methoxy groups -OCH3 is 1. The van der Waals surface area contributed by atoms with E-state index in [9.17, 15) is 14.7 Å². The fraction of sp³-hybridized carbons (Fsp3) is 0.438. The van der Waals surface area contributed by atoms with Gasteiger partial charge in [-0.25, -0.2) is 4.39 Å². The van der Waals surface area contributed by atoms with Gasteiger partial charge in [0.2, 0.25) is 5.91 Å². The number of aromatic amines is 1. The molecule has 2 atom stereocenters. The van der Waals surface area contributed by atoms with Crippen molar-refractivity contribution in [1.29, 1.82) is 0 Å². The second-order valence-corrected chi connectivity index (χ2v) is 11.6. The molecule has 40 heavy (non-hydrogen) atoms. The van der Waals surface area contributed by atoms with E-state index < -0.39 is 17.4 Å². The SMILES string of the molecule is C=C(CCN1CCC(C)CC1)C(=O)[C@]1(C)Cc2c([nH]c3ccc(OC)c(F)c23)[C@@H](c2cccc(O)c2)N1C(C)=O. The van der Waals surface area contributed by atoms with Crippen molar-refractivity contribution in [1.82, 2.24) is 14.8 Å². The molecule has 1 saturated heterocycles. The van der Waals surface area contributed by atoms with Crippen LogP contribution in [0.15, 0.2) is 48.6 Å². The van der Waals surface area contributed by atoms with Gasteiger partial charge in [-0.15, -0.1) is 0 Å². The van der Waals surface area contributed by atoms with Crippen molar-refractivity contribution < 1.29 is 23.8 Å². The van der Waals surface area contributed by atoms with Crippen LogP contribution in [0.1, 0.15) is 62.9 Å². The Morgan fingerprint density at radius 2 is 1.95 bits per heavy atom. The number of aromatic nitrogens is 1. The molecule has 2 aromatic carbocycles. The van der Waals surface area contributed by atoms with Crippen molar-refractivity contribution in [3.05, 3.63) is 71.2 Å². The van der Waals surface area contributed by atoms with Gasteiger partial charge < -0.3 is 24.6 Å². The number of halogens is 1. The van der Waals surface area contributed by atoms with Crippen molar-refractivity contribution in [3.63, 3.8) is 0 Å². The van der Waals surface area contributed by atoms with Gasteiger partial charge in [0, 0.05) is 36.5 Å². The normalized spacial score (nSPS) is 21.8. The summed E-state index contributed by atoms with van der Waals surface area (Å²) in [6, 6.07) is 9.17. The van der Waals surface area contributed by atoms with Crippen molar-refractivity contribution in [2.24, 2.45) is 5.92 Å². The number of benzene rings is 2. The molecule has 0 saturated carbocycles. The molecule has 2 aliphatic rings. The van der Waals surface area contributed by atoms with E-state index in [0.29, 0.717) is 45.6 Å². The number of aromatic hydroxyl groups is 1. The molecule has 2 N–H and O–H groups in total. The molecule has 0 unspecified atom stereocenters. The molecule has 1 fully saturated rings. The van der Waals surface area contributed by atoms with Crippen LogP contribution in [0.4, 0.5) is 4.39 Å². The van der Waals surface area contributed by atoms with E-state index in [0.717, 1.165) is 32.5 Å². The van der Waals surface area contributed by atoms with E-state index in [4.69, 9.17) is 4.74 Å². The molecule has 8 heteroatoms. The summed E-state index contributed by atoms with van der Waals surface area (Å²) in [5, 5.41) is 10.7. The molecule has 0 bridgehead atoms. The minimum Gasteiger partial charge on any atom is -0.508 e. The van der Waals surface area contributed by atoms with Crippen LogP contribution in [0.3, 0.4) is 0 Å². The van der Waals surface area contributed by atoms with Crippen LogP contribution in [0.2, 0.25) is 0 Å². The highest BCUT2D eigenvalue weighted by Crippen LogP contribution is 2.47. The number of fused-ring (bicyclic) bond motifs is 3. The van der Waals surface area contributed by atoms with Crippen LogP contribution in [-0.2, 0) is 16.0 Å². The number of hydrogen-bond acceptors (Lipinski definition) is 5. The first-order chi connectivity index (χ1) is 19.0. The summed E-state index contributed by atoms with van der Waals surface area (Å²) in [6.45, 7) is 12.4. The largest absolute Gasteiger partial charge is 0.508 e. The number of phenolic OH excluding ortho intramolecular Hbond substituents is 1. The minimum atomic E-state index is -1.33. The number of carbonyl (C=O) groups excluding carboxylic acids is 2. The van der Waals surface area contributed by atoms with Crippen molar-refractivity contribution >= 4 is 22.6 Å². The van der Waals surface area contributed by atoms with Crippen LogP contribution in [0.5, 0.6) is 11.5 Å². The summed E-state index contributed by atoms with van der Waals surface area (Å²) >= 11 is 0. The van der Waals surface area contributed by atoms with Gasteiger partial charge in [0.1, 0.15) is 11.3 Å². The van der Waals surface area contributed by atoms with Crippen molar-refractivity contribution in [3.8, 4) is 11.5 Å². The molecule has 7 nitrogen and oxygen atoms in total. The molecule has 3 heterocycles. The van der Waals surface area contributed by atoms with E-state index >= 15 is 4.39 Å². The first-order valence-electron chi connectivity index (χ1n) is 14.0. The van der Waals surface area contributed by atoms with Crippen molar-refractivity contribution in [2.75, 3.05) is 26.7 Å². The highest BCUT2D eigenvalue weighted by molar-refractivity contribution is 6.05. The number of carbonyl (C=O) groups is 2. The predicted molar refractivity (Wildman–Crippen MR) is 153 cm³/mol. The van der Waals surface area contributed by atoms with E-state index in [-0.39, 0.29) is 29.6 Å². The maximum absolute atomic E-state index is 15.7. The molecule has 0 radical (unpaired) electrons. The number of nitrogens with zero attached hydrogens (tertiary/aromatic N) is 2. The van der Waals surface area contributed by atoms with E-state index in [1.54, 1.807) is 48.2 Å². The molecule has 0 spiro atoms. The van der Waals surface area contributed by atoms with Crippen molar-refractivity contribution in [2.45, 2.75) is 58.0 Å². The fourth-order valence-corrected chi connectivity index (χ4v) is 6.53. The molecule has 5 rings (SSSR count). The van der Waals surface area contributed by atoms with Gasteiger partial charge in [0.15, 0.2) is 17.3 Å². The molecule has 1 amide bonds. The lowest BCUT2D eigenvalue weighted by molar-refractivity contribution is -0.146. The van der Waals surface area contributed by atoms with Crippen LogP contribution in [0.25, 0.3) is 10.9 Å². The van der Waals surface area contributed by atoms with Gasteiger partial charge in [-0.2, -0.15) is 0 Å². The van der Waals surface area contributed by atoms with E-state index in [1.807, 2.05) is 0 Å². The number of phenols is 1. The van der Waals surface area contributed by atoms with Crippen LogP contribution < -0.4 is 4.74 Å². The van der Waals surface area contributed by atoms with E-state index in [2.05, 4.69) is 23.4 Å². The molecule has 0 aliphatic carbocycles. The zero-order valence-corrected chi connectivity index (χ0v) is 23.7. The van der Waals surface area contributed by atoms with Gasteiger partial charge >= 0.3 is 0 Å². The zero-order valence-electron chi connectivity index (χ0n) is 23.7. The van der Waals surface area contributed by atoms with Crippen LogP contribution in [0, 0.1) is 11.7 Å². The maximum Gasteiger partial charge on any atom is 0.221 e. The third-order valence-corrected chi connectivity index (χ3v) is 8.75. The van der Waals surface area contributed by atoms with Gasteiger partial charge in [-0.1, -0.05) is 25.6 Å². The molecule has 212 valence electrons. The monoisotopic (exact) mass is 547 g/mol. The van der Waals surface area contributed by atoms with Gasteiger partial charge in [-0.3, -0.25) is 9.59 Å². The lowest BCUT2D eigenvalue weighted by atomic mass is 9.75. The lowest BCUT2D eigenvalue weighted by Gasteiger charge is -2.48. The average Bonchev–Trinajstić information content (AvgIpc) is 3.29. The number of hydrogen-bond donors (Lipinski definition) is 2. The third kappa shape index (κ3) is 4.79. The number of nitrogens with one attached hydrogen (secondary N) is 1. The molecule has 1 aromatic heterocycles. The second-order valence-electron chi connectivity index (χ2n) is 11.6. The smallest absolute Gasteiger partial charge is 0.221 e. The summed E-state index contributed by atoms with van der Waals surface area (Å²) in [6.07, 6.45) is 2.88. The standard InChI is InChI=1S/C32H38FN3O4/c1-19-11-14-35(15-12-19)16-13-20(2)31(39)32(4)18-24-27-25(9-10-26(40-5)28(27)33)34-29(24)30(36(32)21(3)37)22-7-6-8-23(38)17-22/h6-10,17,19,30,34,38H,2,11-16,18H2,1,3-5H3/t30-,32+/m1/s1. The summed E-state index contributed by atoms with van der Waals surface area (Å²) in [5.74, 6) is -0.205. The summed E-state index contributed by atoms with van der Waals surface area (Å²) in [7, 11) is 1.41.